The second-order valence-electron chi connectivity index (χ2n) is 8.41. The molecule has 0 bridgehead atoms. The zero-order valence-corrected chi connectivity index (χ0v) is 19.1. The predicted octanol–water partition coefficient (Wildman–Crippen LogP) is 5.73. The van der Waals surface area contributed by atoms with E-state index >= 15 is 0 Å². The van der Waals surface area contributed by atoms with Crippen LogP contribution in [0.3, 0.4) is 0 Å². The lowest BCUT2D eigenvalue weighted by molar-refractivity contribution is -0.119. The largest absolute Gasteiger partial charge is 0.465 e. The molecule has 1 aliphatic rings. The molecule has 0 fully saturated rings. The molecule has 0 saturated heterocycles. The van der Waals surface area contributed by atoms with E-state index in [0.29, 0.717) is 17.5 Å². The number of amides is 1. The Balaban J connectivity index is 1.43. The van der Waals surface area contributed by atoms with E-state index in [-0.39, 0.29) is 12.5 Å². The van der Waals surface area contributed by atoms with E-state index in [0.717, 1.165) is 51.2 Å². The number of esters is 1. The summed E-state index contributed by atoms with van der Waals surface area (Å²) in [4.78, 5) is 30.7. The van der Waals surface area contributed by atoms with Crippen molar-refractivity contribution >= 4 is 40.1 Å². The van der Waals surface area contributed by atoms with Crippen LogP contribution in [0.25, 0.3) is 22.6 Å². The van der Waals surface area contributed by atoms with Crippen molar-refractivity contribution in [1.29, 1.82) is 0 Å². The number of para-hydroxylation sites is 2. The summed E-state index contributed by atoms with van der Waals surface area (Å²) in [7, 11) is 0. The van der Waals surface area contributed by atoms with Gasteiger partial charge in [0.1, 0.15) is 5.76 Å². The van der Waals surface area contributed by atoms with Crippen LogP contribution in [-0.4, -0.2) is 23.5 Å². The number of ether oxygens (including phenoxy) is 1. The van der Waals surface area contributed by atoms with Crippen LogP contribution in [0.5, 0.6) is 0 Å². The number of carbonyl (C=O) groups excluding carboxylic acids is 2. The van der Waals surface area contributed by atoms with Gasteiger partial charge in [0, 0.05) is 11.1 Å². The van der Waals surface area contributed by atoms with Gasteiger partial charge in [0.15, 0.2) is 6.61 Å². The van der Waals surface area contributed by atoms with Gasteiger partial charge in [-0.15, -0.1) is 0 Å². The average Bonchev–Trinajstić information content (AvgIpc) is 3.49. The predicted molar refractivity (Wildman–Crippen MR) is 131 cm³/mol. The topological polar surface area (TPSA) is 81.4 Å². The molecule has 5 rings (SSSR count). The Bertz CT molecular complexity index is 1410. The Morgan fingerprint density at radius 2 is 1.82 bits per heavy atom. The number of benzene rings is 2. The molecular weight excluding hydrogens is 428 g/mol. The molecule has 0 saturated carbocycles. The molecule has 0 unspecified atom stereocenters. The Hall–Kier alpha value is -4.19. The summed E-state index contributed by atoms with van der Waals surface area (Å²) in [5.74, 6) is -0.157. The van der Waals surface area contributed by atoms with E-state index < -0.39 is 5.97 Å². The number of rotatable bonds is 5. The summed E-state index contributed by atoms with van der Waals surface area (Å²) >= 11 is 0. The second-order valence-corrected chi connectivity index (χ2v) is 8.41. The molecule has 0 aliphatic heterocycles. The van der Waals surface area contributed by atoms with Crippen molar-refractivity contribution in [1.82, 2.24) is 4.98 Å². The maximum absolute atomic E-state index is 13.3. The summed E-state index contributed by atoms with van der Waals surface area (Å²) in [6, 6.07) is 17.0. The number of fused-ring (bicyclic) bond motifs is 2. The van der Waals surface area contributed by atoms with E-state index in [1.807, 2.05) is 74.5 Å². The number of furan rings is 1. The molecule has 1 aliphatic carbocycles. The van der Waals surface area contributed by atoms with Crippen molar-refractivity contribution in [2.75, 3.05) is 11.9 Å². The minimum Gasteiger partial charge on any atom is -0.465 e. The van der Waals surface area contributed by atoms with Crippen LogP contribution in [0, 0.1) is 13.8 Å². The Morgan fingerprint density at radius 3 is 2.59 bits per heavy atom. The van der Waals surface area contributed by atoms with Gasteiger partial charge in [-0.3, -0.25) is 4.79 Å². The molecule has 34 heavy (non-hydrogen) atoms. The highest BCUT2D eigenvalue weighted by Crippen LogP contribution is 2.37. The van der Waals surface area contributed by atoms with Gasteiger partial charge in [0.05, 0.1) is 23.0 Å². The Kier molecular flexibility index (Phi) is 5.72. The molecule has 2 heterocycles. The number of carbonyl (C=O) groups is 2. The fourth-order valence-corrected chi connectivity index (χ4v) is 4.45. The van der Waals surface area contributed by atoms with Crippen LogP contribution in [-0.2, 0) is 16.0 Å². The zero-order valence-electron chi connectivity index (χ0n) is 19.1. The van der Waals surface area contributed by atoms with Crippen molar-refractivity contribution in [2.45, 2.75) is 26.7 Å². The molecule has 0 spiro atoms. The van der Waals surface area contributed by atoms with Crippen molar-refractivity contribution in [3.05, 3.63) is 94.6 Å². The van der Waals surface area contributed by atoms with Gasteiger partial charge in [0.25, 0.3) is 5.91 Å². The monoisotopic (exact) mass is 452 g/mol. The lowest BCUT2D eigenvalue weighted by Crippen LogP contribution is -2.22. The van der Waals surface area contributed by atoms with Gasteiger partial charge < -0.3 is 14.5 Å². The van der Waals surface area contributed by atoms with E-state index in [4.69, 9.17) is 14.1 Å². The standard InChI is InChI=1S/C28H24N2O4/c1-17-7-5-8-18(2)26(17)30-24(31)16-34-28(32)25-21-10-3-4-11-23(21)29-27-19(12-13-22(25)27)15-20-9-6-14-33-20/h3-11,14-15H,12-13,16H2,1-2H3,(H,30,31). The highest BCUT2D eigenvalue weighted by molar-refractivity contribution is 6.08. The zero-order chi connectivity index (χ0) is 23.7. The summed E-state index contributed by atoms with van der Waals surface area (Å²) in [6.07, 6.45) is 4.99. The van der Waals surface area contributed by atoms with Gasteiger partial charge in [-0.25, -0.2) is 9.78 Å². The quantitative estimate of drug-likeness (QED) is 0.391. The number of pyridine rings is 1. The van der Waals surface area contributed by atoms with Crippen molar-refractivity contribution in [3.63, 3.8) is 0 Å². The molecule has 1 amide bonds. The third kappa shape index (κ3) is 4.10. The van der Waals surface area contributed by atoms with Crippen LogP contribution in [0.15, 0.2) is 65.3 Å². The molecule has 0 radical (unpaired) electrons. The number of hydrogen-bond donors (Lipinski definition) is 1. The number of nitrogens with one attached hydrogen (secondary N) is 1. The fourth-order valence-electron chi connectivity index (χ4n) is 4.45. The summed E-state index contributed by atoms with van der Waals surface area (Å²) in [5, 5.41) is 3.58. The number of aryl methyl sites for hydroxylation is 2. The van der Waals surface area contributed by atoms with Crippen molar-refractivity contribution < 1.29 is 18.7 Å². The molecule has 0 atom stereocenters. The van der Waals surface area contributed by atoms with Crippen molar-refractivity contribution in [3.8, 4) is 0 Å². The molecule has 6 heteroatoms. The first-order valence-corrected chi connectivity index (χ1v) is 11.2. The highest BCUT2D eigenvalue weighted by atomic mass is 16.5. The number of nitrogens with zero attached hydrogens (tertiary/aromatic N) is 1. The SMILES string of the molecule is Cc1cccc(C)c1NC(=O)COC(=O)c1c2c(nc3ccccc13)C(=Cc1ccco1)CC2. The van der Waals surface area contributed by atoms with Gasteiger partial charge in [-0.05, 0) is 73.2 Å². The maximum atomic E-state index is 13.3. The van der Waals surface area contributed by atoms with Gasteiger partial charge in [-0.1, -0.05) is 36.4 Å². The van der Waals surface area contributed by atoms with E-state index in [2.05, 4.69) is 5.32 Å². The van der Waals surface area contributed by atoms with Crippen LogP contribution < -0.4 is 5.32 Å². The molecule has 4 aromatic rings. The van der Waals surface area contributed by atoms with Crippen LogP contribution in [0.1, 0.15) is 44.9 Å². The van der Waals surface area contributed by atoms with E-state index in [1.54, 1.807) is 6.26 Å². The summed E-state index contributed by atoms with van der Waals surface area (Å²) < 4.78 is 11.0. The maximum Gasteiger partial charge on any atom is 0.339 e. The lowest BCUT2D eigenvalue weighted by atomic mass is 10.0. The first kappa shape index (κ1) is 21.6. The smallest absolute Gasteiger partial charge is 0.339 e. The minimum absolute atomic E-state index is 0.368. The normalized spacial score (nSPS) is 13.8. The Morgan fingerprint density at radius 1 is 1.03 bits per heavy atom. The average molecular weight is 453 g/mol. The first-order chi connectivity index (χ1) is 16.5. The van der Waals surface area contributed by atoms with Crippen molar-refractivity contribution in [2.24, 2.45) is 0 Å². The molecule has 170 valence electrons. The second kappa shape index (κ2) is 8.98. The van der Waals surface area contributed by atoms with E-state index in [1.165, 1.54) is 0 Å². The van der Waals surface area contributed by atoms with Crippen LogP contribution in [0.4, 0.5) is 5.69 Å². The molecule has 2 aromatic carbocycles. The summed E-state index contributed by atoms with van der Waals surface area (Å²) in [6.45, 7) is 3.48. The number of hydrogen-bond acceptors (Lipinski definition) is 5. The highest BCUT2D eigenvalue weighted by Gasteiger charge is 2.28. The van der Waals surface area contributed by atoms with Crippen LogP contribution in [0.2, 0.25) is 0 Å². The third-order valence-electron chi connectivity index (χ3n) is 6.09. The molecule has 2 aromatic heterocycles. The molecular formula is C28H24N2O4. The lowest BCUT2D eigenvalue weighted by Gasteiger charge is -2.14. The summed E-state index contributed by atoms with van der Waals surface area (Å²) in [5.41, 5.74) is 6.47. The van der Waals surface area contributed by atoms with Crippen LogP contribution >= 0.6 is 0 Å². The fraction of sp³-hybridized carbons (Fsp3) is 0.179. The molecule has 6 nitrogen and oxygen atoms in total. The van der Waals surface area contributed by atoms with Gasteiger partial charge >= 0.3 is 5.97 Å². The number of allylic oxidation sites excluding steroid dienone is 1. The van der Waals surface area contributed by atoms with E-state index in [9.17, 15) is 9.59 Å². The number of aromatic nitrogens is 1. The third-order valence-corrected chi connectivity index (χ3v) is 6.09. The van der Waals surface area contributed by atoms with Gasteiger partial charge in [0.2, 0.25) is 0 Å². The number of anilines is 1. The molecule has 1 N–H and O–H groups in total. The van der Waals surface area contributed by atoms with Gasteiger partial charge in [-0.2, -0.15) is 0 Å². The Labute approximate surface area is 197 Å². The first-order valence-electron chi connectivity index (χ1n) is 11.2. The minimum atomic E-state index is -0.522.